The number of nitro groups is 1. The minimum atomic E-state index is -0.529. The molecule has 9 nitrogen and oxygen atoms in total. The highest BCUT2D eigenvalue weighted by atomic mass is 32.2. The number of nitrogen functional groups attached to an aromatic ring is 1. The molecule has 0 aliphatic rings. The number of rotatable bonds is 5. The van der Waals surface area contributed by atoms with E-state index in [1.807, 2.05) is 0 Å². The Morgan fingerprint density at radius 3 is 2.48 bits per heavy atom. The van der Waals surface area contributed by atoms with E-state index in [0.29, 0.717) is 10.9 Å². The first-order chi connectivity index (χ1) is 10.0. The first-order valence-electron chi connectivity index (χ1n) is 5.69. The summed E-state index contributed by atoms with van der Waals surface area (Å²) in [7, 11) is 2.85. The highest BCUT2D eigenvalue weighted by molar-refractivity contribution is 7.98. The largest absolute Gasteiger partial charge is 0.493 e. The van der Waals surface area contributed by atoms with E-state index in [-0.39, 0.29) is 23.1 Å². The summed E-state index contributed by atoms with van der Waals surface area (Å²) in [4.78, 5) is 14.8. The Morgan fingerprint density at radius 2 is 1.95 bits per heavy atom. The first-order valence-corrected chi connectivity index (χ1v) is 6.91. The van der Waals surface area contributed by atoms with Gasteiger partial charge in [0, 0.05) is 6.07 Å². The molecule has 0 aliphatic carbocycles. The number of nitro benzene ring substituents is 1. The van der Waals surface area contributed by atoms with Crippen LogP contribution in [-0.4, -0.2) is 40.2 Å². The number of hydrogen-bond donors (Lipinski definition) is 1. The summed E-state index contributed by atoms with van der Waals surface area (Å²) < 4.78 is 11.5. The lowest BCUT2D eigenvalue weighted by Crippen LogP contribution is -2.05. The molecule has 0 unspecified atom stereocenters. The van der Waals surface area contributed by atoms with Gasteiger partial charge in [-0.05, 0) is 6.26 Å². The summed E-state index contributed by atoms with van der Waals surface area (Å²) in [6.07, 6.45) is 1.77. The van der Waals surface area contributed by atoms with Gasteiger partial charge in [-0.3, -0.25) is 10.1 Å². The van der Waals surface area contributed by atoms with Crippen LogP contribution in [-0.2, 0) is 0 Å². The van der Waals surface area contributed by atoms with Gasteiger partial charge >= 0.3 is 0 Å². The number of methoxy groups -OCH3 is 2. The van der Waals surface area contributed by atoms with Gasteiger partial charge in [-0.1, -0.05) is 11.8 Å². The SMILES string of the molecule is COc1cc(-n2nc(N)nc2SC)c([N+](=O)[O-])cc1OC. The fraction of sp³-hybridized carbons (Fsp3) is 0.273. The molecule has 1 aromatic carbocycles. The Hall–Kier alpha value is -2.49. The Bertz CT molecular complexity index is 687. The molecule has 2 N–H and O–H groups in total. The van der Waals surface area contributed by atoms with Gasteiger partial charge in [-0.25, -0.2) is 0 Å². The molecular weight excluding hydrogens is 298 g/mol. The molecule has 0 amide bonds. The average molecular weight is 311 g/mol. The van der Waals surface area contributed by atoms with Crippen LogP contribution in [0.25, 0.3) is 5.69 Å². The zero-order chi connectivity index (χ0) is 15.6. The summed E-state index contributed by atoms with van der Waals surface area (Å²) >= 11 is 1.27. The second-order valence-corrected chi connectivity index (χ2v) is 4.59. The minimum absolute atomic E-state index is 0.0310. The molecule has 0 fully saturated rings. The average Bonchev–Trinajstić information content (AvgIpc) is 2.86. The van der Waals surface area contributed by atoms with Gasteiger partial charge in [-0.2, -0.15) is 9.67 Å². The lowest BCUT2D eigenvalue weighted by atomic mass is 10.2. The predicted octanol–water partition coefficient (Wildman–Crippen LogP) is 1.50. The topological polar surface area (TPSA) is 118 Å². The third-order valence-electron chi connectivity index (χ3n) is 2.68. The van der Waals surface area contributed by atoms with Crippen molar-refractivity contribution >= 4 is 23.4 Å². The van der Waals surface area contributed by atoms with Crippen molar-refractivity contribution in [2.75, 3.05) is 26.2 Å². The van der Waals surface area contributed by atoms with Crippen LogP contribution in [0.15, 0.2) is 17.3 Å². The molecule has 0 saturated carbocycles. The highest BCUT2D eigenvalue weighted by Crippen LogP contribution is 2.37. The predicted molar refractivity (Wildman–Crippen MR) is 77.3 cm³/mol. The monoisotopic (exact) mass is 311 g/mol. The Kier molecular flexibility index (Phi) is 4.17. The third kappa shape index (κ3) is 2.70. The zero-order valence-electron chi connectivity index (χ0n) is 11.6. The van der Waals surface area contributed by atoms with E-state index in [2.05, 4.69) is 10.1 Å². The van der Waals surface area contributed by atoms with E-state index >= 15 is 0 Å². The van der Waals surface area contributed by atoms with Crippen LogP contribution in [0.5, 0.6) is 11.5 Å². The van der Waals surface area contributed by atoms with Crippen LogP contribution in [0.3, 0.4) is 0 Å². The van der Waals surface area contributed by atoms with Crippen molar-refractivity contribution in [1.82, 2.24) is 14.8 Å². The van der Waals surface area contributed by atoms with Crippen molar-refractivity contribution in [1.29, 1.82) is 0 Å². The number of nitrogens with zero attached hydrogens (tertiary/aromatic N) is 4. The molecule has 0 saturated heterocycles. The number of benzene rings is 1. The van der Waals surface area contributed by atoms with Crippen LogP contribution < -0.4 is 15.2 Å². The molecule has 1 heterocycles. The van der Waals surface area contributed by atoms with Crippen molar-refractivity contribution in [2.45, 2.75) is 5.16 Å². The van der Waals surface area contributed by atoms with Gasteiger partial charge in [-0.15, -0.1) is 5.10 Å². The zero-order valence-corrected chi connectivity index (χ0v) is 12.4. The number of ether oxygens (including phenoxy) is 2. The van der Waals surface area contributed by atoms with E-state index in [1.54, 1.807) is 6.26 Å². The maximum atomic E-state index is 11.3. The first kappa shape index (κ1) is 14.9. The molecule has 2 rings (SSSR count). The fourth-order valence-electron chi connectivity index (χ4n) is 1.78. The van der Waals surface area contributed by atoms with Crippen LogP contribution in [0.1, 0.15) is 0 Å². The van der Waals surface area contributed by atoms with Crippen molar-refractivity contribution in [3.8, 4) is 17.2 Å². The second-order valence-electron chi connectivity index (χ2n) is 3.82. The van der Waals surface area contributed by atoms with E-state index in [9.17, 15) is 10.1 Å². The molecule has 0 aliphatic heterocycles. The molecule has 112 valence electrons. The van der Waals surface area contributed by atoms with Gasteiger partial charge < -0.3 is 15.2 Å². The Labute approximate surface area is 124 Å². The van der Waals surface area contributed by atoms with Crippen molar-refractivity contribution in [2.24, 2.45) is 0 Å². The van der Waals surface area contributed by atoms with Gasteiger partial charge in [0.25, 0.3) is 5.69 Å². The van der Waals surface area contributed by atoms with Gasteiger partial charge in [0.2, 0.25) is 5.95 Å². The third-order valence-corrected chi connectivity index (χ3v) is 3.31. The van der Waals surface area contributed by atoms with Crippen molar-refractivity contribution in [3.63, 3.8) is 0 Å². The maximum absolute atomic E-state index is 11.3. The van der Waals surface area contributed by atoms with Gasteiger partial charge in [0.05, 0.1) is 25.2 Å². The summed E-state index contributed by atoms with van der Waals surface area (Å²) in [5, 5.41) is 15.7. The molecule has 10 heteroatoms. The van der Waals surface area contributed by atoms with Gasteiger partial charge in [0.1, 0.15) is 5.69 Å². The molecular formula is C11H13N5O4S. The molecule has 1 aromatic heterocycles. The van der Waals surface area contributed by atoms with Crippen LogP contribution >= 0.6 is 11.8 Å². The number of thioether (sulfide) groups is 1. The second kappa shape index (κ2) is 5.87. The Morgan fingerprint density at radius 1 is 1.33 bits per heavy atom. The van der Waals surface area contributed by atoms with Crippen molar-refractivity contribution < 1.29 is 14.4 Å². The maximum Gasteiger partial charge on any atom is 0.298 e. The van der Waals surface area contributed by atoms with Crippen molar-refractivity contribution in [3.05, 3.63) is 22.2 Å². The van der Waals surface area contributed by atoms with Crippen LogP contribution in [0, 0.1) is 10.1 Å². The molecule has 0 bridgehead atoms. The highest BCUT2D eigenvalue weighted by Gasteiger charge is 2.24. The smallest absolute Gasteiger partial charge is 0.298 e. The lowest BCUT2D eigenvalue weighted by molar-refractivity contribution is -0.384. The number of anilines is 1. The Balaban J connectivity index is 2.73. The molecule has 0 radical (unpaired) electrons. The normalized spacial score (nSPS) is 10.4. The standard InChI is InChI=1S/C11H13N5O4S/c1-19-8-4-6(7(16(17)18)5-9(8)20-2)15-11(21-3)13-10(12)14-15/h4-5H,1-3H3,(H2,12,14). The molecule has 0 spiro atoms. The van der Waals surface area contributed by atoms with E-state index in [0.717, 1.165) is 0 Å². The molecule has 0 atom stereocenters. The summed E-state index contributed by atoms with van der Waals surface area (Å²) in [5.74, 6) is 0.634. The molecule has 21 heavy (non-hydrogen) atoms. The van der Waals surface area contributed by atoms with E-state index in [1.165, 1.54) is 42.8 Å². The number of aromatic nitrogens is 3. The van der Waals surface area contributed by atoms with E-state index in [4.69, 9.17) is 15.2 Å². The fourth-order valence-corrected chi connectivity index (χ4v) is 2.27. The van der Waals surface area contributed by atoms with Crippen LogP contribution in [0.4, 0.5) is 11.6 Å². The summed E-state index contributed by atoms with van der Waals surface area (Å²) in [5.41, 5.74) is 5.58. The van der Waals surface area contributed by atoms with E-state index < -0.39 is 4.92 Å². The summed E-state index contributed by atoms with van der Waals surface area (Å²) in [6.45, 7) is 0. The van der Waals surface area contributed by atoms with Crippen LogP contribution in [0.2, 0.25) is 0 Å². The number of hydrogen-bond acceptors (Lipinski definition) is 8. The summed E-state index contributed by atoms with van der Waals surface area (Å²) in [6, 6.07) is 2.74. The lowest BCUT2D eigenvalue weighted by Gasteiger charge is -2.11. The minimum Gasteiger partial charge on any atom is -0.493 e. The van der Waals surface area contributed by atoms with Gasteiger partial charge in [0.15, 0.2) is 16.7 Å². The molecule has 2 aromatic rings. The number of nitrogens with two attached hydrogens (primary N) is 1. The quantitative estimate of drug-likeness (QED) is 0.501.